The monoisotopic (exact) mass is 393 g/mol. The van der Waals surface area contributed by atoms with Gasteiger partial charge in [-0.15, -0.1) is 11.3 Å². The summed E-state index contributed by atoms with van der Waals surface area (Å²) in [6.07, 6.45) is 0.658. The molecule has 1 amide bonds. The van der Waals surface area contributed by atoms with Gasteiger partial charge in [0.05, 0.1) is 9.90 Å². The Bertz CT molecular complexity index is 998. The first-order valence-corrected chi connectivity index (χ1v) is 9.00. The van der Waals surface area contributed by atoms with Gasteiger partial charge in [-0.3, -0.25) is 9.59 Å². The maximum Gasteiger partial charge on any atom is 0.258 e. The second kappa shape index (κ2) is 7.39. The van der Waals surface area contributed by atoms with E-state index in [1.54, 1.807) is 18.2 Å². The summed E-state index contributed by atoms with van der Waals surface area (Å²) in [7, 11) is 0. The zero-order chi connectivity index (χ0) is 18.0. The number of anilines is 1. The molecule has 0 aliphatic rings. The molecule has 0 saturated heterocycles. The van der Waals surface area contributed by atoms with Gasteiger partial charge in [-0.05, 0) is 24.6 Å². The zero-order valence-electron chi connectivity index (χ0n) is 13.1. The van der Waals surface area contributed by atoms with Gasteiger partial charge in [-0.1, -0.05) is 42.3 Å². The minimum atomic E-state index is -0.353. The van der Waals surface area contributed by atoms with E-state index in [1.165, 1.54) is 12.1 Å². The van der Waals surface area contributed by atoms with Gasteiger partial charge in [0.15, 0.2) is 0 Å². The number of hydrogen-bond donors (Lipinski definition) is 2. The first-order chi connectivity index (χ1) is 12.0. The van der Waals surface area contributed by atoms with Crippen molar-refractivity contribution in [2.75, 3.05) is 5.32 Å². The number of aromatic amines is 1. The molecule has 0 atom stereocenters. The minimum absolute atomic E-state index is 0.212. The number of rotatable bonds is 4. The zero-order valence-corrected chi connectivity index (χ0v) is 15.4. The molecule has 25 heavy (non-hydrogen) atoms. The molecule has 0 saturated carbocycles. The highest BCUT2D eigenvalue weighted by molar-refractivity contribution is 7.20. The Morgan fingerprint density at radius 3 is 2.76 bits per heavy atom. The number of thiophene rings is 1. The highest BCUT2D eigenvalue weighted by atomic mass is 35.5. The van der Waals surface area contributed by atoms with Gasteiger partial charge in [0.1, 0.15) is 10.2 Å². The molecule has 0 radical (unpaired) electrons. The number of carbonyl (C=O) groups is 1. The predicted octanol–water partition coefficient (Wildman–Crippen LogP) is 4.62. The molecular weight excluding hydrogens is 381 g/mol. The van der Waals surface area contributed by atoms with E-state index in [4.69, 9.17) is 23.2 Å². The Balaban J connectivity index is 1.89. The van der Waals surface area contributed by atoms with Crippen molar-refractivity contribution in [1.29, 1.82) is 0 Å². The first-order valence-electron chi connectivity index (χ1n) is 7.43. The van der Waals surface area contributed by atoms with Crippen molar-refractivity contribution < 1.29 is 4.79 Å². The number of halogens is 2. The number of nitrogens with one attached hydrogen (secondary N) is 2. The molecule has 2 heterocycles. The van der Waals surface area contributed by atoms with E-state index < -0.39 is 0 Å². The highest BCUT2D eigenvalue weighted by Crippen LogP contribution is 2.31. The van der Waals surface area contributed by atoms with Crippen LogP contribution in [0.5, 0.6) is 0 Å². The minimum Gasteiger partial charge on any atom is -0.322 e. The number of aromatic nitrogens is 2. The molecule has 0 fully saturated rings. The van der Waals surface area contributed by atoms with Crippen LogP contribution in [0.4, 0.5) is 5.69 Å². The largest absolute Gasteiger partial charge is 0.322 e. The van der Waals surface area contributed by atoms with E-state index >= 15 is 0 Å². The third kappa shape index (κ3) is 4.10. The summed E-state index contributed by atoms with van der Waals surface area (Å²) >= 11 is 13.0. The van der Waals surface area contributed by atoms with Crippen molar-refractivity contribution in [3.63, 3.8) is 0 Å². The Morgan fingerprint density at radius 1 is 1.28 bits per heavy atom. The maximum absolute atomic E-state index is 12.3. The maximum atomic E-state index is 12.3. The molecule has 0 unspecified atom stereocenters. The van der Waals surface area contributed by atoms with Crippen LogP contribution in [0.25, 0.3) is 11.4 Å². The lowest BCUT2D eigenvalue weighted by Crippen LogP contribution is -2.12. The topological polar surface area (TPSA) is 74.8 Å². The molecule has 3 rings (SSSR count). The van der Waals surface area contributed by atoms with Crippen LogP contribution >= 0.6 is 34.5 Å². The number of nitrogens with zero attached hydrogens (tertiary/aromatic N) is 1. The van der Waals surface area contributed by atoms with E-state index in [-0.39, 0.29) is 11.5 Å². The lowest BCUT2D eigenvalue weighted by atomic mass is 10.1. The van der Waals surface area contributed by atoms with Gasteiger partial charge in [0.2, 0.25) is 0 Å². The predicted molar refractivity (Wildman–Crippen MR) is 102 cm³/mol. The van der Waals surface area contributed by atoms with Gasteiger partial charge in [-0.2, -0.15) is 0 Å². The number of benzene rings is 1. The Kier molecular flexibility index (Phi) is 5.22. The number of H-pyrrole nitrogens is 1. The van der Waals surface area contributed by atoms with Crippen LogP contribution in [0.1, 0.15) is 23.0 Å². The van der Waals surface area contributed by atoms with Crippen LogP contribution in [0.15, 0.2) is 41.2 Å². The van der Waals surface area contributed by atoms with Crippen LogP contribution in [0, 0.1) is 0 Å². The average molecular weight is 394 g/mol. The SMILES string of the molecule is CCc1cc(=O)[nH]c(-c2cccc(NC(=O)c3cc(Cl)sc3Cl)c2)n1. The van der Waals surface area contributed by atoms with E-state index in [9.17, 15) is 9.59 Å². The highest BCUT2D eigenvalue weighted by Gasteiger charge is 2.15. The van der Waals surface area contributed by atoms with E-state index in [1.807, 2.05) is 13.0 Å². The van der Waals surface area contributed by atoms with Crippen LogP contribution < -0.4 is 10.9 Å². The van der Waals surface area contributed by atoms with Crippen molar-refractivity contribution in [3.8, 4) is 11.4 Å². The fourth-order valence-corrected chi connectivity index (χ4v) is 3.72. The second-order valence-electron chi connectivity index (χ2n) is 5.21. The number of carbonyl (C=O) groups excluding carboxylic acids is 1. The lowest BCUT2D eigenvalue weighted by molar-refractivity contribution is 0.102. The molecular formula is C17H13Cl2N3O2S. The molecule has 0 bridgehead atoms. The van der Waals surface area contributed by atoms with Crippen LogP contribution in [-0.4, -0.2) is 15.9 Å². The van der Waals surface area contributed by atoms with Gasteiger partial charge < -0.3 is 10.3 Å². The van der Waals surface area contributed by atoms with Crippen molar-refractivity contribution in [3.05, 3.63) is 66.7 Å². The van der Waals surface area contributed by atoms with Crippen LogP contribution in [-0.2, 0) is 6.42 Å². The van der Waals surface area contributed by atoms with Crippen LogP contribution in [0.2, 0.25) is 8.67 Å². The second-order valence-corrected chi connectivity index (χ2v) is 7.50. The molecule has 2 N–H and O–H groups in total. The molecule has 0 spiro atoms. The Morgan fingerprint density at radius 2 is 2.08 bits per heavy atom. The normalized spacial score (nSPS) is 10.7. The van der Waals surface area contributed by atoms with Gasteiger partial charge >= 0.3 is 0 Å². The summed E-state index contributed by atoms with van der Waals surface area (Å²) in [5.41, 5.74) is 2.07. The number of aryl methyl sites for hydroxylation is 1. The summed E-state index contributed by atoms with van der Waals surface area (Å²) in [5.74, 6) is 0.103. The number of hydrogen-bond acceptors (Lipinski definition) is 4. The first kappa shape index (κ1) is 17.7. The molecule has 8 heteroatoms. The van der Waals surface area contributed by atoms with Gasteiger partial charge in [-0.25, -0.2) is 4.98 Å². The standard InChI is InChI=1S/C17H13Cl2N3O2S/c1-2-10-7-14(23)22-16(20-10)9-4-3-5-11(6-9)21-17(24)12-8-13(18)25-15(12)19/h3-8H,2H2,1H3,(H,21,24)(H,20,22,23). The number of amides is 1. The third-order valence-corrected chi connectivity index (χ3v) is 4.94. The van der Waals surface area contributed by atoms with Crippen molar-refractivity contribution in [1.82, 2.24) is 9.97 Å². The van der Waals surface area contributed by atoms with E-state index in [2.05, 4.69) is 15.3 Å². The third-order valence-electron chi connectivity index (χ3n) is 3.45. The average Bonchev–Trinajstić information content (AvgIpc) is 2.93. The Labute approximate surface area is 157 Å². The quantitative estimate of drug-likeness (QED) is 0.678. The summed E-state index contributed by atoms with van der Waals surface area (Å²) in [6, 6.07) is 10.0. The fraction of sp³-hybridized carbons (Fsp3) is 0.118. The van der Waals surface area contributed by atoms with Gasteiger partial charge in [0.25, 0.3) is 11.5 Å². The molecule has 5 nitrogen and oxygen atoms in total. The van der Waals surface area contributed by atoms with Gasteiger partial charge in [0, 0.05) is 23.0 Å². The van der Waals surface area contributed by atoms with Crippen molar-refractivity contribution in [2.24, 2.45) is 0 Å². The van der Waals surface area contributed by atoms with Crippen LogP contribution in [0.3, 0.4) is 0 Å². The molecule has 3 aromatic rings. The molecule has 0 aliphatic carbocycles. The summed E-state index contributed by atoms with van der Waals surface area (Å²) in [4.78, 5) is 31.2. The Hall–Kier alpha value is -2.15. The fourth-order valence-electron chi connectivity index (χ4n) is 2.26. The van der Waals surface area contributed by atoms with E-state index in [0.29, 0.717) is 43.4 Å². The summed E-state index contributed by atoms with van der Waals surface area (Å²) in [6.45, 7) is 1.93. The van der Waals surface area contributed by atoms with Crippen molar-refractivity contribution in [2.45, 2.75) is 13.3 Å². The summed E-state index contributed by atoms with van der Waals surface area (Å²) < 4.78 is 0.780. The molecule has 1 aromatic carbocycles. The molecule has 0 aliphatic heterocycles. The van der Waals surface area contributed by atoms with Crippen molar-refractivity contribution >= 4 is 46.1 Å². The smallest absolute Gasteiger partial charge is 0.258 e. The summed E-state index contributed by atoms with van der Waals surface area (Å²) in [5, 5.41) is 2.77. The molecule has 2 aromatic heterocycles. The molecule has 128 valence electrons. The van der Waals surface area contributed by atoms with E-state index in [0.717, 1.165) is 11.3 Å². The lowest BCUT2D eigenvalue weighted by Gasteiger charge is -2.07.